The fourth-order valence-corrected chi connectivity index (χ4v) is 4.08. The molecule has 0 radical (unpaired) electrons. The number of amides is 1. The molecule has 7 heteroatoms. The predicted molar refractivity (Wildman–Crippen MR) is 116 cm³/mol. The summed E-state index contributed by atoms with van der Waals surface area (Å²) in [6.45, 7) is 2.82. The van der Waals surface area contributed by atoms with Crippen molar-refractivity contribution < 1.29 is 19.4 Å². The fraction of sp³-hybridized carbons (Fsp3) is 0.238. The maximum atomic E-state index is 12.8. The van der Waals surface area contributed by atoms with Crippen molar-refractivity contribution in [1.29, 1.82) is 0 Å². The lowest BCUT2D eigenvalue weighted by atomic mass is 10.1. The highest BCUT2D eigenvalue weighted by molar-refractivity contribution is 8.26. The largest absolute Gasteiger partial charge is 0.504 e. The van der Waals surface area contributed by atoms with Gasteiger partial charge in [0, 0.05) is 6.54 Å². The molecule has 1 amide bonds. The molecule has 0 aliphatic carbocycles. The van der Waals surface area contributed by atoms with E-state index in [0.29, 0.717) is 34.5 Å². The molecular formula is C21H21NO4S2. The third-order valence-corrected chi connectivity index (χ3v) is 5.62. The van der Waals surface area contributed by atoms with Crippen molar-refractivity contribution in [2.75, 3.05) is 20.3 Å². The number of benzene rings is 2. The first-order valence-electron chi connectivity index (χ1n) is 8.86. The van der Waals surface area contributed by atoms with Gasteiger partial charge >= 0.3 is 0 Å². The number of hydrogen-bond acceptors (Lipinski definition) is 6. The number of ether oxygens (including phenoxy) is 2. The molecule has 0 saturated carbocycles. The third kappa shape index (κ3) is 4.66. The molecule has 1 aliphatic rings. The van der Waals surface area contributed by atoms with Gasteiger partial charge in [0.05, 0.1) is 18.6 Å². The Hall–Kier alpha value is -2.51. The van der Waals surface area contributed by atoms with Crippen LogP contribution in [0.1, 0.15) is 18.1 Å². The van der Waals surface area contributed by atoms with E-state index in [9.17, 15) is 9.90 Å². The Bertz CT molecular complexity index is 909. The number of phenols is 1. The molecule has 1 heterocycles. The molecule has 0 aromatic heterocycles. The van der Waals surface area contributed by atoms with Gasteiger partial charge in [-0.1, -0.05) is 42.2 Å². The molecule has 5 nitrogen and oxygen atoms in total. The van der Waals surface area contributed by atoms with Gasteiger partial charge in [0.2, 0.25) is 0 Å². The number of nitrogens with zero attached hydrogens (tertiary/aromatic N) is 1. The van der Waals surface area contributed by atoms with E-state index in [4.69, 9.17) is 21.7 Å². The van der Waals surface area contributed by atoms with E-state index in [2.05, 4.69) is 0 Å². The van der Waals surface area contributed by atoms with Gasteiger partial charge in [-0.05, 0) is 54.8 Å². The summed E-state index contributed by atoms with van der Waals surface area (Å²) >= 11 is 6.68. The van der Waals surface area contributed by atoms with Gasteiger partial charge in [0.25, 0.3) is 5.91 Å². The minimum atomic E-state index is -0.102. The quantitative estimate of drug-likeness (QED) is 0.539. The first kappa shape index (κ1) is 20.2. The molecule has 146 valence electrons. The van der Waals surface area contributed by atoms with Crippen LogP contribution in [0.4, 0.5) is 0 Å². The number of thioether (sulfide) groups is 1. The van der Waals surface area contributed by atoms with Crippen LogP contribution in [-0.2, 0) is 11.2 Å². The Labute approximate surface area is 174 Å². The second kappa shape index (κ2) is 9.12. The molecule has 0 atom stereocenters. The first-order valence-corrected chi connectivity index (χ1v) is 10.1. The van der Waals surface area contributed by atoms with Gasteiger partial charge in [0.1, 0.15) is 10.1 Å². The Balaban J connectivity index is 1.70. The number of carbonyl (C=O) groups is 1. The van der Waals surface area contributed by atoms with Gasteiger partial charge in [-0.3, -0.25) is 9.69 Å². The molecule has 0 spiro atoms. The van der Waals surface area contributed by atoms with Crippen LogP contribution in [0.25, 0.3) is 6.08 Å². The molecule has 1 saturated heterocycles. The molecule has 1 N–H and O–H groups in total. The molecule has 3 rings (SSSR count). The number of aromatic hydroxyl groups is 1. The summed E-state index contributed by atoms with van der Waals surface area (Å²) in [5.41, 5.74) is 1.88. The monoisotopic (exact) mass is 415 g/mol. The summed E-state index contributed by atoms with van der Waals surface area (Å²) in [5.74, 6) is 1.17. The lowest BCUT2D eigenvalue weighted by molar-refractivity contribution is -0.122. The van der Waals surface area contributed by atoms with Crippen LogP contribution in [0.3, 0.4) is 0 Å². The van der Waals surface area contributed by atoms with Crippen molar-refractivity contribution in [1.82, 2.24) is 4.90 Å². The highest BCUT2D eigenvalue weighted by Crippen LogP contribution is 2.34. The van der Waals surface area contributed by atoms with E-state index < -0.39 is 0 Å². The van der Waals surface area contributed by atoms with Crippen molar-refractivity contribution >= 4 is 40.3 Å². The molecule has 2 aromatic rings. The molecular weight excluding hydrogens is 394 g/mol. The van der Waals surface area contributed by atoms with Crippen LogP contribution in [0.5, 0.6) is 17.2 Å². The molecule has 0 bridgehead atoms. The van der Waals surface area contributed by atoms with Crippen LogP contribution in [-0.4, -0.2) is 40.5 Å². The predicted octanol–water partition coefficient (Wildman–Crippen LogP) is 4.24. The zero-order valence-corrected chi connectivity index (χ0v) is 17.3. The standard InChI is InChI=1S/C21H21NO4S2/c1-3-26-18-12-15(6-9-17(18)23)13-19-20(24)22(21(27)28-19)11-10-14-4-7-16(25-2)8-5-14/h4-9,12-13,23H,3,10-11H2,1-2H3. The van der Waals surface area contributed by atoms with Gasteiger partial charge in [0.15, 0.2) is 11.5 Å². The normalized spacial score (nSPS) is 15.4. The van der Waals surface area contributed by atoms with Gasteiger partial charge < -0.3 is 14.6 Å². The fourth-order valence-electron chi connectivity index (χ4n) is 2.77. The van der Waals surface area contributed by atoms with Gasteiger partial charge in [-0.25, -0.2) is 0 Å². The Morgan fingerprint density at radius 1 is 1.21 bits per heavy atom. The maximum Gasteiger partial charge on any atom is 0.266 e. The van der Waals surface area contributed by atoms with Crippen molar-refractivity contribution in [3.8, 4) is 17.2 Å². The molecule has 2 aromatic carbocycles. The van der Waals surface area contributed by atoms with Crippen molar-refractivity contribution in [2.45, 2.75) is 13.3 Å². The summed E-state index contributed by atoms with van der Waals surface area (Å²) in [4.78, 5) is 15.0. The summed E-state index contributed by atoms with van der Waals surface area (Å²) in [5, 5.41) is 9.82. The van der Waals surface area contributed by atoms with E-state index in [1.807, 2.05) is 31.2 Å². The van der Waals surface area contributed by atoms with Crippen molar-refractivity contribution in [2.24, 2.45) is 0 Å². The molecule has 0 unspecified atom stereocenters. The van der Waals surface area contributed by atoms with Crippen LogP contribution in [0, 0.1) is 0 Å². The number of hydrogen-bond donors (Lipinski definition) is 1. The summed E-state index contributed by atoms with van der Waals surface area (Å²) in [7, 11) is 1.63. The number of methoxy groups -OCH3 is 1. The van der Waals surface area contributed by atoms with Crippen LogP contribution < -0.4 is 9.47 Å². The van der Waals surface area contributed by atoms with Gasteiger partial charge in [-0.15, -0.1) is 0 Å². The second-order valence-electron chi connectivity index (χ2n) is 6.09. The second-order valence-corrected chi connectivity index (χ2v) is 7.77. The van der Waals surface area contributed by atoms with Crippen LogP contribution in [0.15, 0.2) is 47.4 Å². The smallest absolute Gasteiger partial charge is 0.266 e. The Kier molecular flexibility index (Phi) is 6.59. The number of rotatable bonds is 7. The SMILES string of the molecule is CCOc1cc(C=C2SC(=S)N(CCc3ccc(OC)cc3)C2=O)ccc1O. The minimum absolute atomic E-state index is 0.0750. The minimum Gasteiger partial charge on any atom is -0.504 e. The molecule has 1 fully saturated rings. The first-order chi connectivity index (χ1) is 13.5. The average molecular weight is 416 g/mol. The van der Waals surface area contributed by atoms with E-state index in [1.54, 1.807) is 36.3 Å². The average Bonchev–Trinajstić information content (AvgIpc) is 2.96. The molecule has 28 heavy (non-hydrogen) atoms. The number of thiocarbonyl (C=S) groups is 1. The third-order valence-electron chi connectivity index (χ3n) is 4.24. The zero-order valence-electron chi connectivity index (χ0n) is 15.7. The zero-order chi connectivity index (χ0) is 20.1. The molecule has 1 aliphatic heterocycles. The van der Waals surface area contributed by atoms with E-state index in [1.165, 1.54) is 11.8 Å². The number of phenolic OH excluding ortho intramolecular Hbond substituents is 1. The highest BCUT2D eigenvalue weighted by atomic mass is 32.2. The van der Waals surface area contributed by atoms with E-state index in [0.717, 1.165) is 16.9 Å². The van der Waals surface area contributed by atoms with E-state index in [-0.39, 0.29) is 11.7 Å². The summed E-state index contributed by atoms with van der Waals surface area (Å²) < 4.78 is 11.1. The Morgan fingerprint density at radius 2 is 1.96 bits per heavy atom. The topological polar surface area (TPSA) is 59.0 Å². The van der Waals surface area contributed by atoms with Crippen LogP contribution in [0.2, 0.25) is 0 Å². The van der Waals surface area contributed by atoms with Crippen LogP contribution >= 0.6 is 24.0 Å². The van der Waals surface area contributed by atoms with Crippen molar-refractivity contribution in [3.63, 3.8) is 0 Å². The van der Waals surface area contributed by atoms with Crippen molar-refractivity contribution in [3.05, 3.63) is 58.5 Å². The lowest BCUT2D eigenvalue weighted by Crippen LogP contribution is -2.30. The maximum absolute atomic E-state index is 12.8. The lowest BCUT2D eigenvalue weighted by Gasteiger charge is -2.14. The van der Waals surface area contributed by atoms with Gasteiger partial charge in [-0.2, -0.15) is 0 Å². The highest BCUT2D eigenvalue weighted by Gasteiger charge is 2.31. The summed E-state index contributed by atoms with van der Waals surface area (Å²) in [6, 6.07) is 12.8. The summed E-state index contributed by atoms with van der Waals surface area (Å²) in [6.07, 6.45) is 2.48. The Morgan fingerprint density at radius 3 is 2.64 bits per heavy atom. The van der Waals surface area contributed by atoms with E-state index >= 15 is 0 Å². The number of carbonyl (C=O) groups excluding carboxylic acids is 1.